The standard InChI is InChI=1S/C10H24NO3S.ClHO4/c1-11(2,3)9-7-5-6-8-10-15(12,13)14-4;2-1(3,4)5/h5-10H2,1-4H3;(H,2,3,4,5)/q+1;/p-1. The van der Waals surface area contributed by atoms with Crippen LogP contribution in [0.5, 0.6) is 0 Å². The maximum atomic E-state index is 11.0. The Kier molecular flexibility index (Phi) is 11.0. The van der Waals surface area contributed by atoms with Gasteiger partial charge in [0.15, 0.2) is 0 Å². The molecule has 0 bridgehead atoms. The lowest BCUT2D eigenvalue weighted by atomic mass is 10.2. The van der Waals surface area contributed by atoms with E-state index in [0.29, 0.717) is 6.42 Å². The molecule has 0 aliphatic rings. The van der Waals surface area contributed by atoms with E-state index in [-0.39, 0.29) is 5.75 Å². The van der Waals surface area contributed by atoms with Gasteiger partial charge in [0.05, 0.1) is 40.6 Å². The normalized spacial score (nSPS) is 12.8. The summed E-state index contributed by atoms with van der Waals surface area (Å²) in [6.45, 7) is 1.14. The monoisotopic (exact) mass is 337 g/mol. The first-order chi connectivity index (χ1) is 8.77. The molecule has 8 nitrogen and oxygen atoms in total. The number of hydrogen-bond donors (Lipinski definition) is 0. The number of quaternary nitrogens is 1. The van der Waals surface area contributed by atoms with Gasteiger partial charge in [-0.2, -0.15) is 8.42 Å². The summed E-state index contributed by atoms with van der Waals surface area (Å²) in [5.41, 5.74) is 0. The summed E-state index contributed by atoms with van der Waals surface area (Å²) < 4.78 is 61.2. The van der Waals surface area contributed by atoms with Crippen LogP contribution in [0.3, 0.4) is 0 Å². The van der Waals surface area contributed by atoms with Crippen LogP contribution >= 0.6 is 0 Å². The van der Waals surface area contributed by atoms with Crippen molar-refractivity contribution in [3.8, 4) is 0 Å². The Morgan fingerprint density at radius 3 is 1.70 bits per heavy atom. The molecule has 0 atom stereocenters. The van der Waals surface area contributed by atoms with Gasteiger partial charge >= 0.3 is 0 Å². The summed E-state index contributed by atoms with van der Waals surface area (Å²) in [5, 5.41) is 0. The third-order valence-corrected chi connectivity index (χ3v) is 3.52. The van der Waals surface area contributed by atoms with Crippen LogP contribution in [0.25, 0.3) is 0 Å². The molecule has 0 radical (unpaired) electrons. The van der Waals surface area contributed by atoms with E-state index < -0.39 is 20.4 Å². The van der Waals surface area contributed by atoms with Gasteiger partial charge in [0, 0.05) is 0 Å². The Bertz CT molecular complexity index is 328. The minimum Gasteiger partial charge on any atom is -0.331 e. The molecule has 0 spiro atoms. The molecule has 10 heteroatoms. The molecule has 0 aromatic heterocycles. The summed E-state index contributed by atoms with van der Waals surface area (Å²) in [4.78, 5) is 0. The van der Waals surface area contributed by atoms with E-state index in [0.717, 1.165) is 30.3 Å². The Balaban J connectivity index is 0. The van der Waals surface area contributed by atoms with Crippen molar-refractivity contribution < 1.29 is 46.0 Å². The van der Waals surface area contributed by atoms with Crippen molar-refractivity contribution in [1.29, 1.82) is 0 Å². The summed E-state index contributed by atoms with van der Waals surface area (Å²) in [6, 6.07) is 0. The quantitative estimate of drug-likeness (QED) is 0.254. The molecule has 20 heavy (non-hydrogen) atoms. The van der Waals surface area contributed by atoms with Gasteiger partial charge in [0.1, 0.15) is 0 Å². The topological polar surface area (TPSA) is 136 Å². The van der Waals surface area contributed by atoms with Crippen molar-refractivity contribution in [2.75, 3.05) is 40.6 Å². The predicted octanol–water partition coefficient (Wildman–Crippen LogP) is -3.53. The highest BCUT2D eigenvalue weighted by atomic mass is 35.7. The summed E-state index contributed by atoms with van der Waals surface area (Å²) in [6.07, 6.45) is 3.90. The van der Waals surface area contributed by atoms with Crippen LogP contribution in [0.4, 0.5) is 0 Å². The van der Waals surface area contributed by atoms with Crippen molar-refractivity contribution in [1.82, 2.24) is 0 Å². The van der Waals surface area contributed by atoms with Crippen LogP contribution in [0.1, 0.15) is 25.7 Å². The molecule has 0 aromatic carbocycles. The molecule has 0 rings (SSSR count). The fourth-order valence-corrected chi connectivity index (χ4v) is 2.03. The molecule has 0 aliphatic heterocycles. The zero-order valence-electron chi connectivity index (χ0n) is 12.3. The molecule has 0 saturated carbocycles. The highest BCUT2D eigenvalue weighted by Gasteiger charge is 2.08. The first kappa shape index (κ1) is 22.3. The van der Waals surface area contributed by atoms with E-state index in [2.05, 4.69) is 25.3 Å². The average Bonchev–Trinajstić information content (AvgIpc) is 2.19. The lowest BCUT2D eigenvalue weighted by molar-refractivity contribution is -2.00. The molecular formula is C10H24ClNO7S. The van der Waals surface area contributed by atoms with Crippen LogP contribution in [-0.2, 0) is 14.3 Å². The van der Waals surface area contributed by atoms with Gasteiger partial charge in [-0.1, -0.05) is 6.42 Å². The SMILES string of the molecule is COS(=O)(=O)CCCCCC[N+](C)(C)C.[O-][Cl+3]([O-])([O-])[O-]. The molecule has 0 aliphatic carbocycles. The van der Waals surface area contributed by atoms with Gasteiger partial charge in [0.25, 0.3) is 10.1 Å². The first-order valence-electron chi connectivity index (χ1n) is 5.97. The average molecular weight is 338 g/mol. The maximum Gasteiger partial charge on any atom is 0.267 e. The van der Waals surface area contributed by atoms with E-state index in [1.165, 1.54) is 7.11 Å². The van der Waals surface area contributed by atoms with Crippen molar-refractivity contribution in [2.24, 2.45) is 0 Å². The van der Waals surface area contributed by atoms with Gasteiger partial charge < -0.3 is 4.48 Å². The van der Waals surface area contributed by atoms with E-state index in [1.54, 1.807) is 0 Å². The molecule has 0 saturated heterocycles. The number of rotatable bonds is 8. The summed E-state index contributed by atoms with van der Waals surface area (Å²) >= 11 is 0. The summed E-state index contributed by atoms with van der Waals surface area (Å²) in [7, 11) is -0.482. The third-order valence-electron chi connectivity index (χ3n) is 2.23. The molecule has 0 aromatic rings. The van der Waals surface area contributed by atoms with Gasteiger partial charge in [-0.05, 0) is 19.3 Å². The van der Waals surface area contributed by atoms with Crippen molar-refractivity contribution in [3.63, 3.8) is 0 Å². The lowest BCUT2D eigenvalue weighted by Gasteiger charge is -2.23. The van der Waals surface area contributed by atoms with E-state index in [1.807, 2.05) is 0 Å². The second kappa shape index (κ2) is 9.85. The molecule has 0 amide bonds. The van der Waals surface area contributed by atoms with Crippen LogP contribution in [0.15, 0.2) is 0 Å². The summed E-state index contributed by atoms with van der Waals surface area (Å²) in [5.74, 6) is 0.147. The smallest absolute Gasteiger partial charge is 0.267 e. The Labute approximate surface area is 123 Å². The fraction of sp³-hybridized carbons (Fsp3) is 1.00. The molecule has 124 valence electrons. The number of halogens is 1. The predicted molar refractivity (Wildman–Crippen MR) is 62.2 cm³/mol. The van der Waals surface area contributed by atoms with Gasteiger partial charge in [-0.15, -0.1) is 10.2 Å². The highest BCUT2D eigenvalue weighted by molar-refractivity contribution is 7.86. The maximum absolute atomic E-state index is 11.0. The van der Waals surface area contributed by atoms with E-state index in [9.17, 15) is 8.42 Å². The lowest BCUT2D eigenvalue weighted by Crippen LogP contribution is -2.68. The number of nitrogens with zero attached hydrogens (tertiary/aromatic N) is 1. The van der Waals surface area contributed by atoms with Gasteiger partial charge in [-0.25, -0.2) is 18.6 Å². The molecular weight excluding hydrogens is 314 g/mol. The minimum absolute atomic E-state index is 0.147. The van der Waals surface area contributed by atoms with Gasteiger partial charge in [-0.3, -0.25) is 4.18 Å². The van der Waals surface area contributed by atoms with Crippen LogP contribution in [-0.4, -0.2) is 53.5 Å². The minimum atomic E-state index is -4.94. The van der Waals surface area contributed by atoms with E-state index in [4.69, 9.17) is 18.6 Å². The Morgan fingerprint density at radius 2 is 1.35 bits per heavy atom. The third kappa shape index (κ3) is 26.5. The molecule has 0 fully saturated rings. The molecule has 0 N–H and O–H groups in total. The van der Waals surface area contributed by atoms with E-state index >= 15 is 0 Å². The zero-order valence-corrected chi connectivity index (χ0v) is 13.9. The zero-order chi connectivity index (χ0) is 16.4. The second-order valence-electron chi connectivity index (χ2n) is 5.23. The second-order valence-corrected chi connectivity index (χ2v) is 7.85. The van der Waals surface area contributed by atoms with Crippen LogP contribution in [0, 0.1) is 10.2 Å². The van der Waals surface area contributed by atoms with Crippen molar-refractivity contribution in [2.45, 2.75) is 25.7 Å². The molecule has 0 unspecified atom stereocenters. The number of unbranched alkanes of at least 4 members (excludes halogenated alkanes) is 3. The Morgan fingerprint density at radius 1 is 0.950 bits per heavy atom. The van der Waals surface area contributed by atoms with Crippen LogP contribution < -0.4 is 18.6 Å². The van der Waals surface area contributed by atoms with Crippen molar-refractivity contribution in [3.05, 3.63) is 0 Å². The van der Waals surface area contributed by atoms with Crippen molar-refractivity contribution >= 4 is 10.1 Å². The molecule has 0 heterocycles. The Hall–Kier alpha value is -0.0000000000000000694. The largest absolute Gasteiger partial charge is 0.331 e. The van der Waals surface area contributed by atoms with Gasteiger partial charge in [0.2, 0.25) is 0 Å². The first-order valence-corrected chi connectivity index (χ1v) is 8.78. The fourth-order valence-electron chi connectivity index (χ4n) is 1.30. The number of hydrogen-bond acceptors (Lipinski definition) is 7. The highest BCUT2D eigenvalue weighted by Crippen LogP contribution is 2.05. The van der Waals surface area contributed by atoms with Crippen LogP contribution in [0.2, 0.25) is 0 Å².